The van der Waals surface area contributed by atoms with Gasteiger partial charge in [0, 0.05) is 17.4 Å². The van der Waals surface area contributed by atoms with E-state index < -0.39 is 0 Å². The van der Waals surface area contributed by atoms with Crippen LogP contribution in [0.1, 0.15) is 44.0 Å². The van der Waals surface area contributed by atoms with Gasteiger partial charge in [-0.05, 0) is 40.2 Å². The highest BCUT2D eigenvalue weighted by atomic mass is 28.3. The van der Waals surface area contributed by atoms with Gasteiger partial charge in [0.1, 0.15) is 0 Å². The van der Waals surface area contributed by atoms with Gasteiger partial charge < -0.3 is 8.85 Å². The van der Waals surface area contributed by atoms with E-state index in [9.17, 15) is 0 Å². The molecule has 4 heteroatoms. The van der Waals surface area contributed by atoms with E-state index in [1.165, 1.54) is 11.1 Å². The third-order valence-corrected chi connectivity index (χ3v) is 5.31. The first-order valence-electron chi connectivity index (χ1n) is 6.38. The van der Waals surface area contributed by atoms with Gasteiger partial charge in [0.15, 0.2) is 0 Å². The maximum absolute atomic E-state index is 5.78. The van der Waals surface area contributed by atoms with Crippen LogP contribution in [0.4, 0.5) is 0 Å². The Morgan fingerprint density at radius 2 is 1.28 bits per heavy atom. The molecule has 0 aliphatic heterocycles. The molecule has 0 aliphatic carbocycles. The summed E-state index contributed by atoms with van der Waals surface area (Å²) in [7, 11) is 0.930. The molecule has 0 bridgehead atoms. The van der Waals surface area contributed by atoms with Gasteiger partial charge in [0.25, 0.3) is 0 Å². The van der Waals surface area contributed by atoms with Crippen molar-refractivity contribution in [3.05, 3.63) is 35.4 Å². The van der Waals surface area contributed by atoms with Gasteiger partial charge in [-0.25, -0.2) is 0 Å². The maximum atomic E-state index is 5.78. The van der Waals surface area contributed by atoms with E-state index in [-0.39, 0.29) is 12.2 Å². The Hall–Kier alpha value is -0.426. The summed E-state index contributed by atoms with van der Waals surface area (Å²) >= 11 is 0. The molecule has 0 aromatic heterocycles. The quantitative estimate of drug-likeness (QED) is 0.714. The van der Waals surface area contributed by atoms with Crippen molar-refractivity contribution in [1.82, 2.24) is 0 Å². The number of rotatable bonds is 7. The first-order chi connectivity index (χ1) is 8.49. The smallest absolute Gasteiger partial charge is 0.237 e. The fourth-order valence-corrected chi connectivity index (χ4v) is 3.40. The lowest BCUT2D eigenvalue weighted by atomic mass is 10.2. The summed E-state index contributed by atoms with van der Waals surface area (Å²) in [5.41, 5.74) is 2.61. The molecule has 0 heterocycles. The third-order valence-electron chi connectivity index (χ3n) is 2.25. The van der Waals surface area contributed by atoms with Crippen LogP contribution < -0.4 is 0 Å². The molecule has 0 spiro atoms. The Morgan fingerprint density at radius 3 is 1.67 bits per heavy atom. The van der Waals surface area contributed by atoms with Crippen LogP contribution in [0.15, 0.2) is 24.3 Å². The van der Waals surface area contributed by atoms with Crippen molar-refractivity contribution < 1.29 is 8.85 Å². The van der Waals surface area contributed by atoms with Crippen LogP contribution in [-0.2, 0) is 8.85 Å². The predicted molar refractivity (Wildman–Crippen MR) is 77.9 cm³/mol. The first-order valence-corrected chi connectivity index (χ1v) is 8.35. The lowest BCUT2D eigenvalue weighted by molar-refractivity contribution is 0.242. The second-order valence-electron chi connectivity index (χ2n) is 4.91. The van der Waals surface area contributed by atoms with Gasteiger partial charge in [-0.15, -0.1) is 0 Å². The topological polar surface area (TPSA) is 18.5 Å². The number of hydrogen-bond donors (Lipinski definition) is 0. The molecule has 18 heavy (non-hydrogen) atoms. The second kappa shape index (κ2) is 7.89. The van der Waals surface area contributed by atoms with Crippen LogP contribution in [-0.4, -0.2) is 31.7 Å². The Morgan fingerprint density at radius 1 is 0.833 bits per heavy atom. The third kappa shape index (κ3) is 5.95. The summed E-state index contributed by atoms with van der Waals surface area (Å²) in [5.74, 6) is 0. The molecule has 98 valence electrons. The largest absolute Gasteiger partial charge is 0.415 e. The molecule has 0 saturated heterocycles. The van der Waals surface area contributed by atoms with Gasteiger partial charge in [-0.3, -0.25) is 0 Å². The second-order valence-corrected chi connectivity index (χ2v) is 7.59. The van der Waals surface area contributed by atoms with Crippen molar-refractivity contribution in [1.29, 1.82) is 0 Å². The monoisotopic (exact) mass is 278 g/mol. The minimum absolute atomic E-state index is 0.278. The molecule has 0 atom stereocenters. The van der Waals surface area contributed by atoms with E-state index >= 15 is 0 Å². The molecule has 0 saturated carbocycles. The molecule has 0 fully saturated rings. The zero-order chi connectivity index (χ0) is 13.5. The zero-order valence-electron chi connectivity index (χ0n) is 11.9. The Balaban J connectivity index is 2.66. The molecule has 1 aromatic rings. The molecule has 2 nitrogen and oxygen atoms in total. The number of aryl methyl sites for hydroxylation is 1. The van der Waals surface area contributed by atoms with Crippen LogP contribution >= 0.6 is 0 Å². The summed E-state index contributed by atoms with van der Waals surface area (Å²) in [5, 5.41) is 0.371. The number of hydrogen-bond acceptors (Lipinski definition) is 2. The van der Waals surface area contributed by atoms with Crippen molar-refractivity contribution >= 4 is 19.5 Å². The Labute approximate surface area is 116 Å². The van der Waals surface area contributed by atoms with Gasteiger partial charge >= 0.3 is 0 Å². The highest BCUT2D eigenvalue weighted by Crippen LogP contribution is 2.16. The van der Waals surface area contributed by atoms with Gasteiger partial charge in [-0.1, -0.05) is 29.8 Å². The highest BCUT2D eigenvalue weighted by molar-refractivity contribution is 6.52. The lowest BCUT2D eigenvalue weighted by Gasteiger charge is -2.18. The Bertz CT molecular complexity index is 324. The van der Waals surface area contributed by atoms with Crippen LogP contribution in [0.25, 0.3) is 0 Å². The van der Waals surface area contributed by atoms with Crippen LogP contribution in [0.2, 0.25) is 0 Å². The van der Waals surface area contributed by atoms with Crippen LogP contribution in [0, 0.1) is 6.92 Å². The average Bonchev–Trinajstić information content (AvgIpc) is 2.30. The minimum atomic E-state index is 0.278. The summed E-state index contributed by atoms with van der Waals surface area (Å²) < 4.78 is 11.6. The van der Waals surface area contributed by atoms with Crippen LogP contribution in [0.5, 0.6) is 0 Å². The Kier molecular flexibility index (Phi) is 6.85. The fourth-order valence-electron chi connectivity index (χ4n) is 1.33. The van der Waals surface area contributed by atoms with Crippen molar-refractivity contribution in [2.75, 3.05) is 0 Å². The normalized spacial score (nSPS) is 11.8. The van der Waals surface area contributed by atoms with Gasteiger partial charge in [0.2, 0.25) is 19.5 Å². The lowest BCUT2D eigenvalue weighted by Crippen LogP contribution is -2.24. The van der Waals surface area contributed by atoms with E-state index in [0.29, 0.717) is 24.7 Å². The molecule has 0 amide bonds. The van der Waals surface area contributed by atoms with E-state index in [2.05, 4.69) is 58.9 Å². The molecule has 0 N–H and O–H groups in total. The number of benzene rings is 1. The SMILES string of the molecule is Cc1ccc(C([Si]OC(C)C)[Si]OC(C)C)cc1. The fraction of sp³-hybridized carbons (Fsp3) is 0.571. The van der Waals surface area contributed by atoms with Gasteiger partial charge in [-0.2, -0.15) is 0 Å². The van der Waals surface area contributed by atoms with Gasteiger partial charge in [0.05, 0.1) is 0 Å². The average molecular weight is 278 g/mol. The summed E-state index contributed by atoms with van der Waals surface area (Å²) in [4.78, 5) is 0. The first kappa shape index (κ1) is 15.6. The van der Waals surface area contributed by atoms with E-state index in [1.807, 2.05) is 0 Å². The maximum Gasteiger partial charge on any atom is 0.237 e. The van der Waals surface area contributed by atoms with E-state index in [1.54, 1.807) is 0 Å². The molecule has 0 aliphatic rings. The zero-order valence-corrected chi connectivity index (χ0v) is 13.9. The van der Waals surface area contributed by atoms with E-state index in [4.69, 9.17) is 8.85 Å². The summed E-state index contributed by atoms with van der Waals surface area (Å²) in [6.07, 6.45) is 0.556. The van der Waals surface area contributed by atoms with E-state index in [0.717, 1.165) is 0 Å². The molecule has 1 rings (SSSR count). The summed E-state index contributed by atoms with van der Waals surface area (Å²) in [6, 6.07) is 8.69. The standard InChI is InChI=1S/C14H22O2Si2/c1-10(2)15-17-14(18-16-11(3)4)13-8-6-12(5)7-9-13/h6-11,14H,1-5H3. The summed E-state index contributed by atoms with van der Waals surface area (Å²) in [6.45, 7) is 10.4. The van der Waals surface area contributed by atoms with Crippen molar-refractivity contribution in [2.24, 2.45) is 0 Å². The molecular formula is C14H22O2Si2. The van der Waals surface area contributed by atoms with Crippen molar-refractivity contribution in [3.63, 3.8) is 0 Å². The molecular weight excluding hydrogens is 256 g/mol. The minimum Gasteiger partial charge on any atom is -0.415 e. The van der Waals surface area contributed by atoms with Crippen molar-refractivity contribution in [3.8, 4) is 0 Å². The van der Waals surface area contributed by atoms with Crippen LogP contribution in [0.3, 0.4) is 0 Å². The highest BCUT2D eigenvalue weighted by Gasteiger charge is 2.18. The molecule has 1 aromatic carbocycles. The molecule has 0 unspecified atom stereocenters. The predicted octanol–water partition coefficient (Wildman–Crippen LogP) is 3.08. The molecule has 4 radical (unpaired) electrons. The van der Waals surface area contributed by atoms with Crippen molar-refractivity contribution in [2.45, 2.75) is 52.0 Å².